The first-order valence-electron chi connectivity index (χ1n) is 11.0. The Labute approximate surface area is 184 Å². The molecular formula is C25H32N2O4. The van der Waals surface area contributed by atoms with Crippen LogP contribution in [0.2, 0.25) is 0 Å². The number of aliphatic hydroxyl groups excluding tert-OH is 1. The summed E-state index contributed by atoms with van der Waals surface area (Å²) in [5, 5.41) is 10.4. The summed E-state index contributed by atoms with van der Waals surface area (Å²) in [6, 6.07) is 18.5. The normalized spacial score (nSPS) is 19.1. The molecule has 0 aromatic heterocycles. The van der Waals surface area contributed by atoms with Crippen LogP contribution in [0.4, 0.5) is 4.79 Å². The van der Waals surface area contributed by atoms with Gasteiger partial charge in [-0.2, -0.15) is 0 Å². The number of likely N-dealkylation sites (tertiary alicyclic amines) is 1. The Balaban J connectivity index is 1.72. The van der Waals surface area contributed by atoms with Gasteiger partial charge >= 0.3 is 6.09 Å². The molecule has 6 heteroatoms. The Bertz CT molecular complexity index is 843. The standard InChI is InChI=1S/C25H32N2O4/c1-3-4-15-21(20-13-9-6-10-14-20)26(2)24(29)22-16-17-23(28)27(22)25(30)31-18-19-11-7-5-8-12-19/h5-14,21-23,28H,3-4,15-18H2,1-2H3/t21?,22-,23?/m0/s1. The van der Waals surface area contributed by atoms with E-state index in [-0.39, 0.29) is 18.6 Å². The molecule has 2 amide bonds. The molecule has 0 bridgehead atoms. The number of benzene rings is 2. The summed E-state index contributed by atoms with van der Waals surface area (Å²) < 4.78 is 5.41. The van der Waals surface area contributed by atoms with E-state index in [1.165, 1.54) is 4.90 Å². The fourth-order valence-corrected chi connectivity index (χ4v) is 4.12. The third-order valence-electron chi connectivity index (χ3n) is 5.89. The number of ether oxygens (including phenoxy) is 1. The molecule has 0 spiro atoms. The molecule has 1 fully saturated rings. The van der Waals surface area contributed by atoms with Gasteiger partial charge in [0.25, 0.3) is 0 Å². The van der Waals surface area contributed by atoms with Crippen LogP contribution in [-0.4, -0.2) is 46.2 Å². The lowest BCUT2D eigenvalue weighted by Gasteiger charge is -2.34. The summed E-state index contributed by atoms with van der Waals surface area (Å²) in [5.41, 5.74) is 1.93. The number of unbranched alkanes of at least 4 members (excludes halogenated alkanes) is 1. The predicted molar refractivity (Wildman–Crippen MR) is 119 cm³/mol. The molecule has 3 atom stereocenters. The number of nitrogens with zero attached hydrogens (tertiary/aromatic N) is 2. The van der Waals surface area contributed by atoms with Crippen molar-refractivity contribution in [1.29, 1.82) is 0 Å². The summed E-state index contributed by atoms with van der Waals surface area (Å²) in [4.78, 5) is 29.1. The monoisotopic (exact) mass is 424 g/mol. The molecule has 1 aliphatic heterocycles. The molecule has 2 unspecified atom stereocenters. The molecule has 3 rings (SSSR count). The maximum Gasteiger partial charge on any atom is 0.412 e. The van der Waals surface area contributed by atoms with Crippen LogP contribution in [0.1, 0.15) is 56.2 Å². The fraction of sp³-hybridized carbons (Fsp3) is 0.440. The highest BCUT2D eigenvalue weighted by molar-refractivity contribution is 5.86. The van der Waals surface area contributed by atoms with Gasteiger partial charge < -0.3 is 14.7 Å². The molecule has 1 heterocycles. The van der Waals surface area contributed by atoms with Crippen molar-refractivity contribution in [2.24, 2.45) is 0 Å². The van der Waals surface area contributed by atoms with E-state index in [0.717, 1.165) is 30.4 Å². The minimum Gasteiger partial charge on any atom is -0.444 e. The van der Waals surface area contributed by atoms with Crippen molar-refractivity contribution < 1.29 is 19.4 Å². The highest BCUT2D eigenvalue weighted by Crippen LogP contribution is 2.30. The minimum absolute atomic E-state index is 0.0754. The van der Waals surface area contributed by atoms with Crippen LogP contribution < -0.4 is 0 Å². The van der Waals surface area contributed by atoms with Gasteiger partial charge in [0.2, 0.25) is 5.91 Å². The molecule has 166 valence electrons. The van der Waals surface area contributed by atoms with Crippen LogP contribution in [-0.2, 0) is 16.1 Å². The molecule has 2 aromatic rings. The number of hydrogen-bond acceptors (Lipinski definition) is 4. The Morgan fingerprint density at radius 1 is 1.10 bits per heavy atom. The second kappa shape index (κ2) is 11.0. The predicted octanol–water partition coefficient (Wildman–Crippen LogP) is 4.50. The van der Waals surface area contributed by atoms with E-state index >= 15 is 0 Å². The van der Waals surface area contributed by atoms with E-state index in [0.29, 0.717) is 12.8 Å². The van der Waals surface area contributed by atoms with Crippen LogP contribution in [0.15, 0.2) is 60.7 Å². The third-order valence-corrected chi connectivity index (χ3v) is 5.89. The lowest BCUT2D eigenvalue weighted by Crippen LogP contribution is -2.50. The Hall–Kier alpha value is -2.86. The Morgan fingerprint density at radius 3 is 2.39 bits per heavy atom. The zero-order valence-corrected chi connectivity index (χ0v) is 18.3. The van der Waals surface area contributed by atoms with Crippen molar-refractivity contribution in [3.63, 3.8) is 0 Å². The van der Waals surface area contributed by atoms with E-state index in [1.54, 1.807) is 11.9 Å². The van der Waals surface area contributed by atoms with E-state index in [2.05, 4.69) is 6.92 Å². The lowest BCUT2D eigenvalue weighted by molar-refractivity contribution is -0.138. The van der Waals surface area contributed by atoms with E-state index in [1.807, 2.05) is 60.7 Å². The SMILES string of the molecule is CCCCC(c1ccccc1)N(C)C(=O)[C@@H]1CCC(O)N1C(=O)OCc1ccccc1. The van der Waals surface area contributed by atoms with Crippen LogP contribution in [0.3, 0.4) is 0 Å². The second-order valence-corrected chi connectivity index (χ2v) is 8.04. The van der Waals surface area contributed by atoms with Crippen molar-refractivity contribution in [3.8, 4) is 0 Å². The number of carbonyl (C=O) groups is 2. The van der Waals surface area contributed by atoms with Crippen molar-refractivity contribution in [3.05, 3.63) is 71.8 Å². The van der Waals surface area contributed by atoms with Gasteiger partial charge in [-0.05, 0) is 30.4 Å². The summed E-state index contributed by atoms with van der Waals surface area (Å²) in [7, 11) is 1.79. The molecule has 31 heavy (non-hydrogen) atoms. The number of carbonyl (C=O) groups excluding carboxylic acids is 2. The largest absolute Gasteiger partial charge is 0.444 e. The van der Waals surface area contributed by atoms with Gasteiger partial charge in [-0.15, -0.1) is 0 Å². The summed E-state index contributed by atoms with van der Waals surface area (Å²) in [5.74, 6) is -0.168. The summed E-state index contributed by atoms with van der Waals surface area (Å²) in [6.07, 6.45) is 1.96. The van der Waals surface area contributed by atoms with Crippen molar-refractivity contribution in [1.82, 2.24) is 9.80 Å². The topological polar surface area (TPSA) is 70.1 Å². The number of hydrogen-bond donors (Lipinski definition) is 1. The van der Waals surface area contributed by atoms with Gasteiger partial charge in [-0.25, -0.2) is 4.79 Å². The molecule has 0 saturated carbocycles. The first kappa shape index (κ1) is 22.8. The van der Waals surface area contributed by atoms with Gasteiger partial charge in [0.05, 0.1) is 6.04 Å². The number of aliphatic hydroxyl groups is 1. The molecule has 1 N–H and O–H groups in total. The van der Waals surface area contributed by atoms with Crippen LogP contribution in [0, 0.1) is 0 Å². The van der Waals surface area contributed by atoms with Gasteiger partial charge in [0, 0.05) is 7.05 Å². The highest BCUT2D eigenvalue weighted by atomic mass is 16.6. The average molecular weight is 425 g/mol. The third kappa shape index (κ3) is 5.64. The second-order valence-electron chi connectivity index (χ2n) is 8.04. The Morgan fingerprint density at radius 2 is 1.74 bits per heavy atom. The fourth-order valence-electron chi connectivity index (χ4n) is 4.12. The summed E-state index contributed by atoms with van der Waals surface area (Å²) >= 11 is 0. The summed E-state index contributed by atoms with van der Waals surface area (Å²) in [6.45, 7) is 2.23. The maximum absolute atomic E-state index is 13.4. The molecule has 1 aliphatic rings. The number of amides is 2. The molecule has 1 saturated heterocycles. The molecule has 2 aromatic carbocycles. The lowest BCUT2D eigenvalue weighted by atomic mass is 9.99. The van der Waals surface area contributed by atoms with Crippen molar-refractivity contribution in [2.45, 2.75) is 63.9 Å². The quantitative estimate of drug-likeness (QED) is 0.678. The van der Waals surface area contributed by atoms with E-state index < -0.39 is 18.4 Å². The van der Waals surface area contributed by atoms with Crippen molar-refractivity contribution in [2.75, 3.05) is 7.05 Å². The van der Waals surface area contributed by atoms with Crippen LogP contribution in [0.25, 0.3) is 0 Å². The van der Waals surface area contributed by atoms with E-state index in [9.17, 15) is 14.7 Å². The van der Waals surface area contributed by atoms with Crippen LogP contribution in [0.5, 0.6) is 0 Å². The highest BCUT2D eigenvalue weighted by Gasteiger charge is 2.43. The van der Waals surface area contributed by atoms with Crippen molar-refractivity contribution >= 4 is 12.0 Å². The number of likely N-dealkylation sites (N-methyl/N-ethyl adjacent to an activating group) is 1. The zero-order chi connectivity index (χ0) is 22.2. The first-order valence-corrected chi connectivity index (χ1v) is 11.0. The van der Waals surface area contributed by atoms with Gasteiger partial charge in [-0.3, -0.25) is 9.69 Å². The number of rotatable bonds is 8. The molecule has 0 aliphatic carbocycles. The first-order chi connectivity index (χ1) is 15.0. The maximum atomic E-state index is 13.4. The zero-order valence-electron chi connectivity index (χ0n) is 18.3. The van der Waals surface area contributed by atoms with Gasteiger partial charge in [0.15, 0.2) is 0 Å². The molecule has 0 radical (unpaired) electrons. The van der Waals surface area contributed by atoms with Gasteiger partial charge in [0.1, 0.15) is 18.9 Å². The minimum atomic E-state index is -1.02. The van der Waals surface area contributed by atoms with E-state index in [4.69, 9.17) is 4.74 Å². The molecular weight excluding hydrogens is 392 g/mol. The Kier molecular flexibility index (Phi) is 8.06. The molecule has 6 nitrogen and oxygen atoms in total. The smallest absolute Gasteiger partial charge is 0.412 e. The van der Waals surface area contributed by atoms with Crippen LogP contribution >= 0.6 is 0 Å². The van der Waals surface area contributed by atoms with Gasteiger partial charge in [-0.1, -0.05) is 80.4 Å². The average Bonchev–Trinajstić information content (AvgIpc) is 3.20.